The van der Waals surface area contributed by atoms with Crippen LogP contribution in [0, 0.1) is 0 Å². The maximum atomic E-state index is 12.5. The zero-order valence-corrected chi connectivity index (χ0v) is 14.1. The molecule has 4 rings (SSSR count). The van der Waals surface area contributed by atoms with Crippen molar-refractivity contribution in [1.29, 1.82) is 0 Å². The minimum Gasteiger partial charge on any atom is -0.324 e. The van der Waals surface area contributed by atoms with Crippen molar-refractivity contribution in [3.63, 3.8) is 0 Å². The van der Waals surface area contributed by atoms with Crippen molar-refractivity contribution in [3.05, 3.63) is 85.2 Å². The van der Waals surface area contributed by atoms with E-state index in [-0.39, 0.29) is 5.91 Å². The second-order valence-corrected chi connectivity index (χ2v) is 5.62. The van der Waals surface area contributed by atoms with Gasteiger partial charge in [0, 0.05) is 29.3 Å². The van der Waals surface area contributed by atoms with Gasteiger partial charge >= 0.3 is 0 Å². The number of amides is 1. The van der Waals surface area contributed by atoms with Gasteiger partial charge < -0.3 is 10.6 Å². The average molecular weight is 357 g/mol. The van der Waals surface area contributed by atoms with Gasteiger partial charge in [-0.05, 0) is 48.5 Å². The molecule has 0 unspecified atom stereocenters. The third-order valence-electron chi connectivity index (χ3n) is 3.76. The van der Waals surface area contributed by atoms with Crippen molar-refractivity contribution >= 4 is 23.2 Å². The summed E-state index contributed by atoms with van der Waals surface area (Å²) in [6.45, 7) is 0. The number of nitrogens with one attached hydrogen (secondary N) is 2. The molecular formula is C19H15N7O. The van der Waals surface area contributed by atoms with Crippen molar-refractivity contribution in [2.75, 3.05) is 10.6 Å². The zero-order valence-electron chi connectivity index (χ0n) is 14.1. The van der Waals surface area contributed by atoms with E-state index in [0.717, 1.165) is 11.4 Å². The van der Waals surface area contributed by atoms with E-state index in [1.807, 2.05) is 30.3 Å². The van der Waals surface area contributed by atoms with Crippen LogP contribution in [0.25, 0.3) is 5.69 Å². The first kappa shape index (κ1) is 16.4. The summed E-state index contributed by atoms with van der Waals surface area (Å²) in [6, 6.07) is 16.2. The Morgan fingerprint density at radius 3 is 2.48 bits per heavy atom. The number of benzene rings is 2. The molecule has 27 heavy (non-hydrogen) atoms. The monoisotopic (exact) mass is 357 g/mol. The number of aromatic nitrogens is 5. The highest BCUT2D eigenvalue weighted by molar-refractivity contribution is 6.04. The van der Waals surface area contributed by atoms with Crippen LogP contribution in [-0.4, -0.2) is 30.6 Å². The van der Waals surface area contributed by atoms with Crippen LogP contribution in [0.5, 0.6) is 0 Å². The molecule has 1 amide bonds. The van der Waals surface area contributed by atoms with Crippen LogP contribution in [0.15, 0.2) is 79.6 Å². The molecule has 8 nitrogen and oxygen atoms in total. The Morgan fingerprint density at radius 1 is 0.926 bits per heavy atom. The SMILES string of the molecule is O=C(Nc1ccc(-n2cncn2)cc1)c1cccc(Nc2ncccn2)c1. The lowest BCUT2D eigenvalue weighted by Crippen LogP contribution is -2.12. The van der Waals surface area contributed by atoms with E-state index in [2.05, 4.69) is 30.7 Å². The van der Waals surface area contributed by atoms with Gasteiger partial charge in [-0.25, -0.2) is 19.6 Å². The van der Waals surface area contributed by atoms with Gasteiger partial charge in [0.05, 0.1) is 5.69 Å². The predicted molar refractivity (Wildman–Crippen MR) is 101 cm³/mol. The molecule has 0 aliphatic heterocycles. The number of nitrogens with zero attached hydrogens (tertiary/aromatic N) is 5. The van der Waals surface area contributed by atoms with Crippen LogP contribution in [0.1, 0.15) is 10.4 Å². The zero-order chi connectivity index (χ0) is 18.5. The molecule has 2 aromatic heterocycles. The Morgan fingerprint density at radius 2 is 1.74 bits per heavy atom. The first-order valence-corrected chi connectivity index (χ1v) is 8.18. The van der Waals surface area contributed by atoms with Gasteiger partial charge in [-0.3, -0.25) is 4.79 Å². The molecule has 8 heteroatoms. The van der Waals surface area contributed by atoms with E-state index in [9.17, 15) is 4.79 Å². The second kappa shape index (κ2) is 7.44. The summed E-state index contributed by atoms with van der Waals surface area (Å²) in [5.41, 5.74) is 2.81. The number of anilines is 3. The summed E-state index contributed by atoms with van der Waals surface area (Å²) in [4.78, 5) is 24.7. The van der Waals surface area contributed by atoms with Gasteiger partial charge in [0.25, 0.3) is 5.91 Å². The van der Waals surface area contributed by atoms with Crippen molar-refractivity contribution < 1.29 is 4.79 Å². The molecule has 0 fully saturated rings. The fraction of sp³-hybridized carbons (Fsp3) is 0. The van der Waals surface area contributed by atoms with E-state index in [1.54, 1.807) is 47.7 Å². The lowest BCUT2D eigenvalue weighted by molar-refractivity contribution is 0.102. The molecule has 2 heterocycles. The molecule has 4 aromatic rings. The molecule has 0 aliphatic carbocycles. The quantitative estimate of drug-likeness (QED) is 0.570. The first-order valence-electron chi connectivity index (χ1n) is 8.18. The molecule has 2 N–H and O–H groups in total. The number of carbonyl (C=O) groups is 1. The van der Waals surface area contributed by atoms with Crippen LogP contribution in [0.4, 0.5) is 17.3 Å². The average Bonchev–Trinajstić information content (AvgIpc) is 3.24. The van der Waals surface area contributed by atoms with Crippen LogP contribution < -0.4 is 10.6 Å². The molecule has 0 spiro atoms. The highest BCUT2D eigenvalue weighted by Crippen LogP contribution is 2.17. The van der Waals surface area contributed by atoms with Gasteiger partial charge in [0.2, 0.25) is 5.95 Å². The lowest BCUT2D eigenvalue weighted by Gasteiger charge is -2.09. The van der Waals surface area contributed by atoms with E-state index in [0.29, 0.717) is 17.2 Å². The Bertz CT molecular complexity index is 1030. The van der Waals surface area contributed by atoms with Crippen LogP contribution in [0.3, 0.4) is 0 Å². The van der Waals surface area contributed by atoms with E-state index in [4.69, 9.17) is 0 Å². The fourth-order valence-corrected chi connectivity index (χ4v) is 2.47. The van der Waals surface area contributed by atoms with E-state index >= 15 is 0 Å². The highest BCUT2D eigenvalue weighted by atomic mass is 16.1. The minimum atomic E-state index is -0.207. The summed E-state index contributed by atoms with van der Waals surface area (Å²) >= 11 is 0. The molecule has 0 atom stereocenters. The number of carbonyl (C=O) groups excluding carboxylic acids is 1. The summed E-state index contributed by atoms with van der Waals surface area (Å²) in [6.07, 6.45) is 6.38. The molecule has 0 saturated heterocycles. The smallest absolute Gasteiger partial charge is 0.255 e. The Balaban J connectivity index is 1.46. The third kappa shape index (κ3) is 3.96. The Labute approximate surface area is 154 Å². The number of hydrogen-bond acceptors (Lipinski definition) is 6. The standard InChI is InChI=1S/C19H15N7O/c27-18(24-15-5-7-17(8-6-15)26-13-20-12-23-26)14-3-1-4-16(11-14)25-19-21-9-2-10-22-19/h1-13H,(H,24,27)(H,21,22,25). The van der Waals surface area contributed by atoms with Crippen LogP contribution >= 0.6 is 0 Å². The Kier molecular flexibility index (Phi) is 4.52. The molecule has 2 aromatic carbocycles. The maximum absolute atomic E-state index is 12.5. The van der Waals surface area contributed by atoms with Gasteiger partial charge in [0.1, 0.15) is 12.7 Å². The molecular weight excluding hydrogens is 342 g/mol. The maximum Gasteiger partial charge on any atom is 0.255 e. The molecule has 132 valence electrons. The third-order valence-corrected chi connectivity index (χ3v) is 3.76. The fourth-order valence-electron chi connectivity index (χ4n) is 2.47. The van der Waals surface area contributed by atoms with Crippen molar-refractivity contribution in [2.24, 2.45) is 0 Å². The molecule has 0 radical (unpaired) electrons. The van der Waals surface area contributed by atoms with Crippen molar-refractivity contribution in [2.45, 2.75) is 0 Å². The number of rotatable bonds is 5. The van der Waals surface area contributed by atoms with Gasteiger partial charge in [0.15, 0.2) is 0 Å². The minimum absolute atomic E-state index is 0.207. The van der Waals surface area contributed by atoms with Gasteiger partial charge in [-0.2, -0.15) is 5.10 Å². The first-order chi connectivity index (χ1) is 13.3. The van der Waals surface area contributed by atoms with E-state index < -0.39 is 0 Å². The Hall–Kier alpha value is -4.07. The van der Waals surface area contributed by atoms with Gasteiger partial charge in [-0.1, -0.05) is 6.07 Å². The molecule has 0 saturated carbocycles. The van der Waals surface area contributed by atoms with Crippen molar-refractivity contribution in [3.8, 4) is 5.69 Å². The van der Waals surface area contributed by atoms with Crippen LogP contribution in [0.2, 0.25) is 0 Å². The number of hydrogen-bond donors (Lipinski definition) is 2. The van der Waals surface area contributed by atoms with Crippen LogP contribution in [-0.2, 0) is 0 Å². The highest BCUT2D eigenvalue weighted by Gasteiger charge is 2.08. The summed E-state index contributed by atoms with van der Waals surface area (Å²) in [7, 11) is 0. The largest absolute Gasteiger partial charge is 0.324 e. The summed E-state index contributed by atoms with van der Waals surface area (Å²) < 4.78 is 1.65. The predicted octanol–water partition coefficient (Wildman–Crippen LogP) is 3.05. The molecule has 0 aliphatic rings. The second-order valence-electron chi connectivity index (χ2n) is 5.62. The lowest BCUT2D eigenvalue weighted by atomic mass is 10.2. The molecule has 0 bridgehead atoms. The topological polar surface area (TPSA) is 97.6 Å². The summed E-state index contributed by atoms with van der Waals surface area (Å²) in [5, 5.41) is 10.0. The van der Waals surface area contributed by atoms with Gasteiger partial charge in [-0.15, -0.1) is 0 Å². The summed E-state index contributed by atoms with van der Waals surface area (Å²) in [5.74, 6) is 0.264. The normalized spacial score (nSPS) is 10.4. The van der Waals surface area contributed by atoms with E-state index in [1.165, 1.54) is 6.33 Å². The van der Waals surface area contributed by atoms with Crippen molar-refractivity contribution in [1.82, 2.24) is 24.7 Å².